The van der Waals surface area contributed by atoms with E-state index in [-0.39, 0.29) is 17.9 Å². The molecule has 0 aromatic heterocycles. The van der Waals surface area contributed by atoms with Crippen molar-refractivity contribution in [3.05, 3.63) is 29.8 Å². The number of rotatable bonds is 4. The summed E-state index contributed by atoms with van der Waals surface area (Å²) in [6.45, 7) is 3.67. The highest BCUT2D eigenvalue weighted by Gasteiger charge is 2.30. The average Bonchev–Trinajstić information content (AvgIpc) is 2.99. The molecule has 2 N–H and O–H groups in total. The standard InChI is InChI=1S/C17H24N2O2/c1-12-15(11-13-5-2-3-7-16(13)19-12)17(20)18-9-8-14-6-4-10-21-14/h2-3,5,7,12,14-15,19H,4,6,8-11H2,1H3,(H,18,20). The van der Waals surface area contributed by atoms with E-state index in [1.807, 2.05) is 12.1 Å². The predicted molar refractivity (Wildman–Crippen MR) is 83.3 cm³/mol. The third-order valence-corrected chi connectivity index (χ3v) is 4.57. The smallest absolute Gasteiger partial charge is 0.225 e. The number of fused-ring (bicyclic) bond motifs is 1. The summed E-state index contributed by atoms with van der Waals surface area (Å²) in [4.78, 5) is 12.4. The van der Waals surface area contributed by atoms with Crippen molar-refractivity contribution >= 4 is 11.6 Å². The minimum absolute atomic E-state index is 0.00407. The Labute approximate surface area is 126 Å². The summed E-state index contributed by atoms with van der Waals surface area (Å²) in [6, 6.07) is 8.41. The predicted octanol–water partition coefficient (Wildman–Crippen LogP) is 2.34. The molecule has 1 aromatic carbocycles. The molecule has 1 fully saturated rings. The molecular formula is C17H24N2O2. The van der Waals surface area contributed by atoms with Gasteiger partial charge in [-0.1, -0.05) is 18.2 Å². The number of anilines is 1. The molecule has 0 aliphatic carbocycles. The molecule has 3 rings (SSSR count). The molecule has 3 atom stereocenters. The minimum Gasteiger partial charge on any atom is -0.382 e. The maximum atomic E-state index is 12.4. The lowest BCUT2D eigenvalue weighted by Gasteiger charge is -2.31. The van der Waals surface area contributed by atoms with Crippen molar-refractivity contribution in [3.63, 3.8) is 0 Å². The number of carbonyl (C=O) groups is 1. The number of carbonyl (C=O) groups excluding carboxylic acids is 1. The number of hydrogen-bond donors (Lipinski definition) is 2. The number of benzene rings is 1. The first-order valence-electron chi connectivity index (χ1n) is 7.98. The molecule has 4 heteroatoms. The second-order valence-electron chi connectivity index (χ2n) is 6.12. The molecule has 0 spiro atoms. The molecule has 2 aliphatic heterocycles. The van der Waals surface area contributed by atoms with Crippen LogP contribution in [0.2, 0.25) is 0 Å². The summed E-state index contributed by atoms with van der Waals surface area (Å²) in [5.41, 5.74) is 2.39. The van der Waals surface area contributed by atoms with Gasteiger partial charge in [-0.3, -0.25) is 4.79 Å². The fraction of sp³-hybridized carbons (Fsp3) is 0.588. The highest BCUT2D eigenvalue weighted by Crippen LogP contribution is 2.28. The third-order valence-electron chi connectivity index (χ3n) is 4.57. The number of nitrogens with one attached hydrogen (secondary N) is 2. The van der Waals surface area contributed by atoms with Crippen molar-refractivity contribution in [1.82, 2.24) is 5.32 Å². The summed E-state index contributed by atoms with van der Waals surface area (Å²) in [5, 5.41) is 6.52. The molecule has 3 unspecified atom stereocenters. The molecule has 1 aromatic rings. The van der Waals surface area contributed by atoms with E-state index in [0.29, 0.717) is 12.6 Å². The monoisotopic (exact) mass is 288 g/mol. The van der Waals surface area contributed by atoms with Crippen LogP contribution in [0.4, 0.5) is 5.69 Å². The molecule has 0 saturated carbocycles. The van der Waals surface area contributed by atoms with Gasteiger partial charge >= 0.3 is 0 Å². The Kier molecular flexibility index (Phi) is 4.44. The summed E-state index contributed by atoms with van der Waals surface area (Å²) < 4.78 is 5.58. The van der Waals surface area contributed by atoms with Crippen molar-refractivity contribution < 1.29 is 9.53 Å². The number of hydrogen-bond acceptors (Lipinski definition) is 3. The van der Waals surface area contributed by atoms with E-state index in [4.69, 9.17) is 4.74 Å². The maximum Gasteiger partial charge on any atom is 0.225 e. The zero-order valence-electron chi connectivity index (χ0n) is 12.6. The molecule has 4 nitrogen and oxygen atoms in total. The number of para-hydroxylation sites is 1. The topological polar surface area (TPSA) is 50.4 Å². The largest absolute Gasteiger partial charge is 0.382 e. The summed E-state index contributed by atoms with van der Waals surface area (Å²) >= 11 is 0. The molecule has 2 heterocycles. The van der Waals surface area contributed by atoms with Gasteiger partial charge in [-0.2, -0.15) is 0 Å². The molecule has 2 aliphatic rings. The van der Waals surface area contributed by atoms with E-state index < -0.39 is 0 Å². The van der Waals surface area contributed by atoms with Crippen molar-refractivity contribution in [2.24, 2.45) is 5.92 Å². The SMILES string of the molecule is CC1Nc2ccccc2CC1C(=O)NCCC1CCCO1. The molecule has 1 amide bonds. The van der Waals surface area contributed by atoms with Crippen molar-refractivity contribution in [3.8, 4) is 0 Å². The Morgan fingerprint density at radius 1 is 1.43 bits per heavy atom. The van der Waals surface area contributed by atoms with Gasteiger partial charge in [-0.05, 0) is 44.2 Å². The quantitative estimate of drug-likeness (QED) is 0.894. The molecule has 1 saturated heterocycles. The Balaban J connectivity index is 1.52. The number of amides is 1. The molecule has 114 valence electrons. The first kappa shape index (κ1) is 14.4. The second kappa shape index (κ2) is 6.48. The van der Waals surface area contributed by atoms with Gasteiger partial charge in [0.1, 0.15) is 0 Å². The van der Waals surface area contributed by atoms with E-state index in [0.717, 1.165) is 38.0 Å². The van der Waals surface area contributed by atoms with Gasteiger partial charge < -0.3 is 15.4 Å². The van der Waals surface area contributed by atoms with Gasteiger partial charge in [0.05, 0.1) is 12.0 Å². The van der Waals surface area contributed by atoms with E-state index in [9.17, 15) is 4.79 Å². The van der Waals surface area contributed by atoms with Crippen LogP contribution in [0, 0.1) is 5.92 Å². The van der Waals surface area contributed by atoms with Crippen LogP contribution in [0.5, 0.6) is 0 Å². The van der Waals surface area contributed by atoms with Crippen LogP contribution in [0.3, 0.4) is 0 Å². The van der Waals surface area contributed by atoms with Crippen molar-refractivity contribution in [1.29, 1.82) is 0 Å². The Morgan fingerprint density at radius 3 is 3.10 bits per heavy atom. The summed E-state index contributed by atoms with van der Waals surface area (Å²) in [6.07, 6.45) is 4.37. The average molecular weight is 288 g/mol. The number of ether oxygens (including phenoxy) is 1. The second-order valence-corrected chi connectivity index (χ2v) is 6.12. The van der Waals surface area contributed by atoms with Gasteiger partial charge in [-0.15, -0.1) is 0 Å². The molecular weight excluding hydrogens is 264 g/mol. The maximum absolute atomic E-state index is 12.4. The zero-order chi connectivity index (χ0) is 14.7. The van der Waals surface area contributed by atoms with Crippen LogP contribution in [-0.2, 0) is 16.0 Å². The van der Waals surface area contributed by atoms with Crippen LogP contribution in [-0.4, -0.2) is 31.2 Å². The summed E-state index contributed by atoms with van der Waals surface area (Å²) in [7, 11) is 0. The van der Waals surface area contributed by atoms with Gasteiger partial charge in [0.25, 0.3) is 0 Å². The van der Waals surface area contributed by atoms with E-state index in [2.05, 4.69) is 29.7 Å². The van der Waals surface area contributed by atoms with E-state index in [1.165, 1.54) is 5.56 Å². The third kappa shape index (κ3) is 3.38. The highest BCUT2D eigenvalue weighted by atomic mass is 16.5. The molecule has 0 radical (unpaired) electrons. The van der Waals surface area contributed by atoms with Gasteiger partial charge in [-0.25, -0.2) is 0 Å². The van der Waals surface area contributed by atoms with Gasteiger partial charge in [0.15, 0.2) is 0 Å². The zero-order valence-corrected chi connectivity index (χ0v) is 12.6. The summed E-state index contributed by atoms with van der Waals surface area (Å²) in [5.74, 6) is 0.159. The normalized spacial score (nSPS) is 27.8. The van der Waals surface area contributed by atoms with Crippen LogP contribution >= 0.6 is 0 Å². The van der Waals surface area contributed by atoms with Crippen LogP contribution in [0.1, 0.15) is 31.7 Å². The van der Waals surface area contributed by atoms with Crippen molar-refractivity contribution in [2.75, 3.05) is 18.5 Å². The lowest BCUT2D eigenvalue weighted by Crippen LogP contribution is -2.44. The molecule has 0 bridgehead atoms. The lowest BCUT2D eigenvalue weighted by molar-refractivity contribution is -0.125. The van der Waals surface area contributed by atoms with Crippen LogP contribution < -0.4 is 10.6 Å². The van der Waals surface area contributed by atoms with Crippen LogP contribution in [0.15, 0.2) is 24.3 Å². The fourth-order valence-electron chi connectivity index (χ4n) is 3.28. The Bertz CT molecular complexity index is 497. The van der Waals surface area contributed by atoms with Crippen LogP contribution in [0.25, 0.3) is 0 Å². The van der Waals surface area contributed by atoms with E-state index in [1.54, 1.807) is 0 Å². The molecule has 21 heavy (non-hydrogen) atoms. The van der Waals surface area contributed by atoms with Crippen molar-refractivity contribution in [2.45, 2.75) is 44.8 Å². The highest BCUT2D eigenvalue weighted by molar-refractivity contribution is 5.81. The minimum atomic E-state index is 0.00407. The first-order chi connectivity index (χ1) is 10.2. The Hall–Kier alpha value is -1.55. The fourth-order valence-corrected chi connectivity index (χ4v) is 3.28. The van der Waals surface area contributed by atoms with E-state index >= 15 is 0 Å². The first-order valence-corrected chi connectivity index (χ1v) is 7.98. The Morgan fingerprint density at radius 2 is 2.29 bits per heavy atom. The van der Waals surface area contributed by atoms with Gasteiger partial charge in [0.2, 0.25) is 5.91 Å². The van der Waals surface area contributed by atoms with Gasteiger partial charge in [0, 0.05) is 24.9 Å². The lowest BCUT2D eigenvalue weighted by atomic mass is 9.87.